The molecular formula is C3H6N4O4S. The molecule has 0 aromatic carbocycles. The first-order valence-corrected chi connectivity index (χ1v) is 4.03. The van der Waals surface area contributed by atoms with Crippen molar-refractivity contribution in [1.29, 1.82) is 0 Å². The van der Waals surface area contributed by atoms with Gasteiger partial charge in [0.25, 0.3) is 0 Å². The van der Waals surface area contributed by atoms with E-state index in [9.17, 15) is 8.42 Å². The van der Waals surface area contributed by atoms with Crippen molar-refractivity contribution in [3.05, 3.63) is 0 Å². The lowest BCUT2D eigenvalue weighted by molar-refractivity contribution is 0.388. The zero-order valence-corrected chi connectivity index (χ0v) is 6.50. The van der Waals surface area contributed by atoms with Gasteiger partial charge in [0.1, 0.15) is 0 Å². The van der Waals surface area contributed by atoms with Gasteiger partial charge in [0, 0.05) is 0 Å². The van der Waals surface area contributed by atoms with Gasteiger partial charge < -0.3 is 15.7 Å². The minimum Gasteiger partial charge on any atom is -0.381 e. The Morgan fingerprint density at radius 1 is 1.50 bits per heavy atom. The summed E-state index contributed by atoms with van der Waals surface area (Å²) < 4.78 is 32.6. The van der Waals surface area contributed by atoms with Crippen LogP contribution < -0.4 is 15.7 Å². The molecule has 0 aliphatic heterocycles. The van der Waals surface area contributed by atoms with E-state index in [4.69, 9.17) is 16.0 Å². The van der Waals surface area contributed by atoms with Gasteiger partial charge in [-0.05, 0) is 0 Å². The summed E-state index contributed by atoms with van der Waals surface area (Å²) in [7, 11) is -4.61. The Labute approximate surface area is 67.5 Å². The van der Waals surface area contributed by atoms with E-state index >= 15 is 0 Å². The molecule has 0 aliphatic rings. The van der Waals surface area contributed by atoms with Crippen molar-refractivity contribution >= 4 is 22.0 Å². The molecule has 0 unspecified atom stereocenters. The molecule has 0 atom stereocenters. The molecule has 0 radical (unpaired) electrons. The molecule has 1 rings (SSSR count). The molecule has 0 saturated heterocycles. The molecular weight excluding hydrogens is 188 g/mol. The first-order valence-electron chi connectivity index (χ1n) is 2.66. The standard InChI is InChI=1S/C3H6N4O4S/c4-2-1(3(5)7-6-2)11-12(8,9)10/h(H,8,9,10)(H5,4,5,6,7). The van der Waals surface area contributed by atoms with Gasteiger partial charge in [0.15, 0.2) is 11.6 Å². The first kappa shape index (κ1) is 8.62. The molecule has 0 amide bonds. The highest BCUT2D eigenvalue weighted by atomic mass is 32.3. The average Bonchev–Trinajstić information content (AvgIpc) is 2.16. The molecule has 0 saturated carbocycles. The summed E-state index contributed by atoms with van der Waals surface area (Å²) in [6, 6.07) is 0. The summed E-state index contributed by atoms with van der Waals surface area (Å²) >= 11 is 0. The van der Waals surface area contributed by atoms with Crippen LogP contribution in [0.5, 0.6) is 5.75 Å². The summed E-state index contributed by atoms with van der Waals surface area (Å²) in [5.74, 6) is -0.826. The topological polar surface area (TPSA) is 144 Å². The van der Waals surface area contributed by atoms with E-state index in [1.807, 2.05) is 0 Å². The van der Waals surface area contributed by atoms with Crippen molar-refractivity contribution in [2.45, 2.75) is 0 Å². The Hall–Kier alpha value is -1.48. The quantitative estimate of drug-likeness (QED) is 0.430. The molecule has 0 aliphatic carbocycles. The summed E-state index contributed by atoms with van der Waals surface area (Å²) in [5, 5.41) is 5.49. The lowest BCUT2D eigenvalue weighted by Gasteiger charge is -1.98. The van der Waals surface area contributed by atoms with Gasteiger partial charge >= 0.3 is 10.4 Å². The Morgan fingerprint density at radius 3 is 2.42 bits per heavy atom. The highest BCUT2D eigenvalue weighted by Gasteiger charge is 2.16. The Bertz CT molecular complexity index is 362. The van der Waals surface area contributed by atoms with Crippen molar-refractivity contribution in [1.82, 2.24) is 10.2 Å². The number of hydrogen-bond donors (Lipinski definition) is 4. The molecule has 1 aromatic heterocycles. The number of nitrogens with two attached hydrogens (primary N) is 2. The van der Waals surface area contributed by atoms with Gasteiger partial charge in [-0.1, -0.05) is 0 Å². The third kappa shape index (κ3) is 1.77. The van der Waals surface area contributed by atoms with Gasteiger partial charge in [0.2, 0.25) is 5.75 Å². The van der Waals surface area contributed by atoms with E-state index in [1.165, 1.54) is 0 Å². The number of nitrogens with one attached hydrogen (secondary N) is 1. The first-order chi connectivity index (χ1) is 5.40. The highest BCUT2D eigenvalue weighted by Crippen LogP contribution is 2.26. The fourth-order valence-corrected chi connectivity index (χ4v) is 0.939. The zero-order valence-electron chi connectivity index (χ0n) is 5.68. The van der Waals surface area contributed by atoms with E-state index in [0.29, 0.717) is 0 Å². The second-order valence-corrected chi connectivity index (χ2v) is 2.88. The number of anilines is 2. The number of nitrogens with zero attached hydrogens (tertiary/aromatic N) is 1. The fourth-order valence-electron chi connectivity index (χ4n) is 0.553. The Morgan fingerprint density at radius 2 is 2.08 bits per heavy atom. The average molecular weight is 194 g/mol. The summed E-state index contributed by atoms with van der Waals surface area (Å²) in [6.07, 6.45) is 0. The van der Waals surface area contributed by atoms with Crippen molar-refractivity contribution in [3.63, 3.8) is 0 Å². The number of rotatable bonds is 2. The van der Waals surface area contributed by atoms with Gasteiger partial charge in [-0.25, -0.2) is 0 Å². The molecule has 9 heteroatoms. The summed E-state index contributed by atoms with van der Waals surface area (Å²) in [4.78, 5) is 0. The number of nitrogen functional groups attached to an aromatic ring is 2. The van der Waals surface area contributed by atoms with Crippen LogP contribution in [-0.4, -0.2) is 23.2 Å². The number of hydrogen-bond acceptors (Lipinski definition) is 6. The van der Waals surface area contributed by atoms with E-state index in [0.717, 1.165) is 0 Å². The van der Waals surface area contributed by atoms with Crippen LogP contribution in [0, 0.1) is 0 Å². The third-order valence-corrected chi connectivity index (χ3v) is 1.34. The van der Waals surface area contributed by atoms with Crippen LogP contribution in [-0.2, 0) is 10.4 Å². The smallest absolute Gasteiger partial charge is 0.381 e. The number of aromatic amines is 1. The van der Waals surface area contributed by atoms with E-state index < -0.39 is 16.1 Å². The van der Waals surface area contributed by atoms with Crippen LogP contribution in [0.2, 0.25) is 0 Å². The molecule has 0 bridgehead atoms. The Balaban J connectivity index is 3.04. The lowest BCUT2D eigenvalue weighted by Crippen LogP contribution is -2.08. The van der Waals surface area contributed by atoms with Crippen LogP contribution >= 0.6 is 0 Å². The van der Waals surface area contributed by atoms with E-state index in [1.54, 1.807) is 0 Å². The van der Waals surface area contributed by atoms with Crippen LogP contribution in [0.4, 0.5) is 11.6 Å². The van der Waals surface area contributed by atoms with Crippen LogP contribution in [0.25, 0.3) is 0 Å². The zero-order chi connectivity index (χ0) is 9.35. The van der Waals surface area contributed by atoms with E-state index in [-0.39, 0.29) is 11.6 Å². The summed E-state index contributed by atoms with van der Waals surface area (Å²) in [5.41, 5.74) is 10.3. The van der Waals surface area contributed by atoms with Crippen molar-refractivity contribution in [2.24, 2.45) is 0 Å². The lowest BCUT2D eigenvalue weighted by atomic mass is 10.5. The molecule has 1 heterocycles. The second-order valence-electron chi connectivity index (χ2n) is 1.86. The molecule has 0 fully saturated rings. The molecule has 12 heavy (non-hydrogen) atoms. The molecule has 6 N–H and O–H groups in total. The minimum absolute atomic E-state index is 0.176. The van der Waals surface area contributed by atoms with Gasteiger partial charge in [-0.15, -0.1) is 0 Å². The second kappa shape index (κ2) is 2.53. The SMILES string of the molecule is Nc1n[nH]c(N)c1OS(=O)(=O)O. The normalized spacial score (nSPS) is 11.4. The van der Waals surface area contributed by atoms with Gasteiger partial charge in [-0.3, -0.25) is 9.65 Å². The van der Waals surface area contributed by atoms with Crippen molar-refractivity contribution in [3.8, 4) is 5.75 Å². The number of aromatic nitrogens is 2. The maximum absolute atomic E-state index is 10.2. The molecule has 68 valence electrons. The largest absolute Gasteiger partial charge is 0.446 e. The predicted octanol–water partition coefficient (Wildman–Crippen LogP) is -1.24. The molecule has 1 aromatic rings. The van der Waals surface area contributed by atoms with Gasteiger partial charge in [-0.2, -0.15) is 13.5 Å². The molecule has 0 spiro atoms. The van der Waals surface area contributed by atoms with Crippen molar-refractivity contribution in [2.75, 3.05) is 11.5 Å². The molecule has 8 nitrogen and oxygen atoms in total. The van der Waals surface area contributed by atoms with Crippen LogP contribution in [0.3, 0.4) is 0 Å². The number of H-pyrrole nitrogens is 1. The maximum atomic E-state index is 10.2. The van der Waals surface area contributed by atoms with Crippen LogP contribution in [0.15, 0.2) is 0 Å². The van der Waals surface area contributed by atoms with E-state index in [2.05, 4.69) is 14.4 Å². The highest BCUT2D eigenvalue weighted by molar-refractivity contribution is 7.81. The monoisotopic (exact) mass is 194 g/mol. The minimum atomic E-state index is -4.61. The van der Waals surface area contributed by atoms with Gasteiger partial charge in [0.05, 0.1) is 0 Å². The summed E-state index contributed by atoms with van der Waals surface area (Å²) in [6.45, 7) is 0. The van der Waals surface area contributed by atoms with Crippen molar-refractivity contribution < 1.29 is 17.2 Å². The predicted molar refractivity (Wildman–Crippen MR) is 39.6 cm³/mol. The maximum Gasteiger partial charge on any atom is 0.446 e. The van der Waals surface area contributed by atoms with Crippen LogP contribution in [0.1, 0.15) is 0 Å². The Kier molecular flexibility index (Phi) is 1.82. The fraction of sp³-hybridized carbons (Fsp3) is 0. The third-order valence-electron chi connectivity index (χ3n) is 0.963.